The summed E-state index contributed by atoms with van der Waals surface area (Å²) in [5.74, 6) is 0.669. The predicted octanol–water partition coefficient (Wildman–Crippen LogP) is 2.74. The van der Waals surface area contributed by atoms with Crippen molar-refractivity contribution in [2.75, 3.05) is 13.7 Å². The smallest absolute Gasteiger partial charge is 0.212 e. The van der Waals surface area contributed by atoms with Crippen molar-refractivity contribution in [3.63, 3.8) is 0 Å². The minimum atomic E-state index is -0.427. The van der Waals surface area contributed by atoms with Crippen molar-refractivity contribution >= 4 is 0 Å². The molecular formula is C14H12FNO3. The summed E-state index contributed by atoms with van der Waals surface area (Å²) in [5, 5.41) is 0. The molecule has 2 heterocycles. The highest BCUT2D eigenvalue weighted by molar-refractivity contribution is 5.42. The number of methoxy groups -OCH3 is 1. The van der Waals surface area contributed by atoms with Crippen molar-refractivity contribution in [1.29, 1.82) is 0 Å². The van der Waals surface area contributed by atoms with Crippen LogP contribution < -0.4 is 14.2 Å². The molecule has 1 aromatic heterocycles. The van der Waals surface area contributed by atoms with E-state index in [1.54, 1.807) is 31.5 Å². The fraction of sp³-hybridized carbons (Fsp3) is 0.214. The molecule has 4 nitrogen and oxygen atoms in total. The lowest BCUT2D eigenvalue weighted by atomic mass is 10.1. The van der Waals surface area contributed by atoms with Gasteiger partial charge in [-0.2, -0.15) is 0 Å². The van der Waals surface area contributed by atoms with Crippen LogP contribution in [-0.2, 0) is 0 Å². The van der Waals surface area contributed by atoms with E-state index < -0.39 is 5.82 Å². The molecule has 0 amide bonds. The van der Waals surface area contributed by atoms with Crippen molar-refractivity contribution in [3.05, 3.63) is 47.9 Å². The molecule has 0 spiro atoms. The van der Waals surface area contributed by atoms with Crippen LogP contribution in [0.1, 0.15) is 11.7 Å². The van der Waals surface area contributed by atoms with Gasteiger partial charge in [-0.1, -0.05) is 6.07 Å². The Morgan fingerprint density at radius 2 is 2.21 bits per heavy atom. The Balaban J connectivity index is 1.86. The third kappa shape index (κ3) is 2.19. The van der Waals surface area contributed by atoms with Crippen LogP contribution in [0.4, 0.5) is 4.39 Å². The number of halogens is 1. The minimum Gasteiger partial charge on any atom is -0.485 e. The first kappa shape index (κ1) is 11.8. The largest absolute Gasteiger partial charge is 0.485 e. The monoisotopic (exact) mass is 261 g/mol. The van der Waals surface area contributed by atoms with Gasteiger partial charge in [-0.05, 0) is 18.2 Å². The van der Waals surface area contributed by atoms with Gasteiger partial charge in [0.2, 0.25) is 5.88 Å². The molecule has 0 saturated heterocycles. The molecule has 1 aliphatic heterocycles. The number of aromatic nitrogens is 1. The molecule has 2 aromatic rings. The first-order valence-corrected chi connectivity index (χ1v) is 5.86. The Morgan fingerprint density at radius 3 is 2.95 bits per heavy atom. The third-order valence-corrected chi connectivity index (χ3v) is 2.92. The molecule has 5 heteroatoms. The van der Waals surface area contributed by atoms with Crippen molar-refractivity contribution in [1.82, 2.24) is 4.98 Å². The lowest BCUT2D eigenvalue weighted by Gasteiger charge is -2.26. The van der Waals surface area contributed by atoms with Crippen molar-refractivity contribution in [2.45, 2.75) is 6.10 Å². The van der Waals surface area contributed by atoms with Gasteiger partial charge in [0.1, 0.15) is 6.61 Å². The minimum absolute atomic E-state index is 0.148. The highest BCUT2D eigenvalue weighted by Crippen LogP contribution is 2.38. The second kappa shape index (κ2) is 4.76. The second-order valence-corrected chi connectivity index (χ2v) is 4.12. The Hall–Kier alpha value is -2.30. The van der Waals surface area contributed by atoms with E-state index in [9.17, 15) is 4.39 Å². The number of para-hydroxylation sites is 1. The third-order valence-electron chi connectivity index (χ3n) is 2.92. The van der Waals surface area contributed by atoms with Crippen LogP contribution in [0.5, 0.6) is 17.4 Å². The van der Waals surface area contributed by atoms with E-state index in [-0.39, 0.29) is 11.9 Å². The lowest BCUT2D eigenvalue weighted by Crippen LogP contribution is -2.22. The predicted molar refractivity (Wildman–Crippen MR) is 66.1 cm³/mol. The Labute approximate surface area is 109 Å². The fourth-order valence-corrected chi connectivity index (χ4v) is 1.93. The lowest BCUT2D eigenvalue weighted by molar-refractivity contribution is 0.0854. The summed E-state index contributed by atoms with van der Waals surface area (Å²) < 4.78 is 29.8. The number of rotatable bonds is 2. The van der Waals surface area contributed by atoms with Crippen molar-refractivity contribution in [2.24, 2.45) is 0 Å². The Kier molecular flexibility index (Phi) is 2.95. The zero-order valence-corrected chi connectivity index (χ0v) is 10.3. The van der Waals surface area contributed by atoms with E-state index in [4.69, 9.17) is 14.2 Å². The first-order valence-electron chi connectivity index (χ1n) is 5.86. The molecule has 98 valence electrons. The molecule has 0 saturated carbocycles. The number of nitrogens with zero attached hydrogens (tertiary/aromatic N) is 1. The molecule has 0 aliphatic carbocycles. The Bertz CT molecular complexity index is 586. The standard InChI is InChI=1S/C14H12FNO3/c1-17-13-6-5-9(7-16-13)12-8-18-11-4-2-3-10(15)14(11)19-12/h2-7,12H,8H2,1H3. The van der Waals surface area contributed by atoms with Crippen LogP contribution in [0.25, 0.3) is 0 Å². The van der Waals surface area contributed by atoms with Gasteiger partial charge in [-0.15, -0.1) is 0 Å². The summed E-state index contributed by atoms with van der Waals surface area (Å²) in [6, 6.07) is 8.17. The average Bonchev–Trinajstić information content (AvgIpc) is 2.47. The number of fused-ring (bicyclic) bond motifs is 1. The van der Waals surface area contributed by atoms with Gasteiger partial charge in [0.15, 0.2) is 23.4 Å². The topological polar surface area (TPSA) is 40.6 Å². The SMILES string of the molecule is COc1ccc(C2COc3cccc(F)c3O2)cn1. The molecule has 19 heavy (non-hydrogen) atoms. The summed E-state index contributed by atoms with van der Waals surface area (Å²) in [5.41, 5.74) is 0.815. The van der Waals surface area contributed by atoms with Gasteiger partial charge in [-0.3, -0.25) is 0 Å². The van der Waals surface area contributed by atoms with Crippen LogP contribution in [-0.4, -0.2) is 18.7 Å². The molecule has 0 radical (unpaired) electrons. The quantitative estimate of drug-likeness (QED) is 0.833. The van der Waals surface area contributed by atoms with Gasteiger partial charge >= 0.3 is 0 Å². The zero-order valence-electron chi connectivity index (χ0n) is 10.3. The molecule has 0 bridgehead atoms. The maximum absolute atomic E-state index is 13.6. The molecule has 1 unspecified atom stereocenters. The van der Waals surface area contributed by atoms with Crippen LogP contribution in [0.3, 0.4) is 0 Å². The van der Waals surface area contributed by atoms with Crippen LogP contribution in [0.2, 0.25) is 0 Å². The zero-order chi connectivity index (χ0) is 13.2. The number of benzene rings is 1. The highest BCUT2D eigenvalue weighted by atomic mass is 19.1. The number of pyridine rings is 1. The van der Waals surface area contributed by atoms with E-state index in [1.165, 1.54) is 6.07 Å². The van der Waals surface area contributed by atoms with Gasteiger partial charge < -0.3 is 14.2 Å². The maximum atomic E-state index is 13.6. The van der Waals surface area contributed by atoms with Gasteiger partial charge in [-0.25, -0.2) is 9.37 Å². The molecule has 1 aromatic carbocycles. The molecular weight excluding hydrogens is 249 g/mol. The summed E-state index contributed by atoms with van der Waals surface area (Å²) in [6.07, 6.45) is 1.27. The normalized spacial score (nSPS) is 17.1. The molecule has 3 rings (SSSR count). The van der Waals surface area contributed by atoms with Crippen LogP contribution >= 0.6 is 0 Å². The van der Waals surface area contributed by atoms with E-state index in [0.29, 0.717) is 18.2 Å². The summed E-state index contributed by atoms with van der Waals surface area (Å²) >= 11 is 0. The van der Waals surface area contributed by atoms with Crippen molar-refractivity contribution < 1.29 is 18.6 Å². The van der Waals surface area contributed by atoms with Crippen molar-refractivity contribution in [3.8, 4) is 17.4 Å². The summed E-state index contributed by atoms with van der Waals surface area (Å²) in [6.45, 7) is 0.324. The van der Waals surface area contributed by atoms with E-state index in [1.807, 2.05) is 6.07 Å². The fourth-order valence-electron chi connectivity index (χ4n) is 1.93. The van der Waals surface area contributed by atoms with Gasteiger partial charge in [0.25, 0.3) is 0 Å². The maximum Gasteiger partial charge on any atom is 0.212 e. The number of hydrogen-bond donors (Lipinski definition) is 0. The van der Waals surface area contributed by atoms with Gasteiger partial charge in [0.05, 0.1) is 7.11 Å². The first-order chi connectivity index (χ1) is 9.28. The van der Waals surface area contributed by atoms with Crippen LogP contribution in [0.15, 0.2) is 36.5 Å². The summed E-state index contributed by atoms with van der Waals surface area (Å²) in [4.78, 5) is 4.10. The summed E-state index contributed by atoms with van der Waals surface area (Å²) in [7, 11) is 1.55. The Morgan fingerprint density at radius 1 is 1.32 bits per heavy atom. The van der Waals surface area contributed by atoms with E-state index >= 15 is 0 Å². The van der Waals surface area contributed by atoms with E-state index in [2.05, 4.69) is 4.98 Å². The molecule has 1 aliphatic rings. The van der Waals surface area contributed by atoms with E-state index in [0.717, 1.165) is 5.56 Å². The number of ether oxygens (including phenoxy) is 3. The van der Waals surface area contributed by atoms with Crippen LogP contribution in [0, 0.1) is 5.82 Å². The van der Waals surface area contributed by atoms with Gasteiger partial charge in [0, 0.05) is 17.8 Å². The number of hydrogen-bond acceptors (Lipinski definition) is 4. The molecule has 1 atom stereocenters. The average molecular weight is 261 g/mol. The molecule has 0 fully saturated rings. The highest BCUT2D eigenvalue weighted by Gasteiger charge is 2.25. The molecule has 0 N–H and O–H groups in total. The second-order valence-electron chi connectivity index (χ2n) is 4.12.